The Morgan fingerprint density at radius 3 is 2.37 bits per heavy atom. The largest absolute Gasteiger partial charge is 0.352 e. The van der Waals surface area contributed by atoms with Crippen LogP contribution in [0, 0.1) is 5.92 Å². The van der Waals surface area contributed by atoms with Crippen molar-refractivity contribution in [2.24, 2.45) is 5.92 Å². The summed E-state index contributed by atoms with van der Waals surface area (Å²) < 4.78 is 0. The Morgan fingerprint density at radius 2 is 1.74 bits per heavy atom. The van der Waals surface area contributed by atoms with Gasteiger partial charge in [-0.15, -0.1) is 11.6 Å². The van der Waals surface area contributed by atoms with Crippen molar-refractivity contribution < 1.29 is 4.79 Å². The quantitative estimate of drug-likeness (QED) is 0.811. The molecule has 19 heavy (non-hydrogen) atoms. The Labute approximate surface area is 120 Å². The van der Waals surface area contributed by atoms with Crippen molar-refractivity contribution in [2.45, 2.75) is 50.9 Å². The number of halogens is 1. The van der Waals surface area contributed by atoms with Gasteiger partial charge in [-0.25, -0.2) is 0 Å². The van der Waals surface area contributed by atoms with Gasteiger partial charge in [0.2, 0.25) is 5.91 Å². The second-order valence-electron chi connectivity index (χ2n) is 5.44. The highest BCUT2D eigenvalue weighted by atomic mass is 35.5. The molecule has 1 aromatic carbocycles. The molecule has 0 aliphatic heterocycles. The van der Waals surface area contributed by atoms with Gasteiger partial charge in [0, 0.05) is 18.8 Å². The van der Waals surface area contributed by atoms with Gasteiger partial charge in [0.05, 0.1) is 0 Å². The standard InChI is InChI=1S/C16H22ClNO/c17-11-14-6-8-15(9-7-14)12-18-16(19)10-13-4-2-1-3-5-13/h6-9,13H,1-5,10-12H2,(H,18,19). The minimum atomic E-state index is 0.188. The topological polar surface area (TPSA) is 29.1 Å². The number of benzene rings is 1. The van der Waals surface area contributed by atoms with E-state index in [1.165, 1.54) is 32.1 Å². The van der Waals surface area contributed by atoms with Gasteiger partial charge in [0.1, 0.15) is 0 Å². The van der Waals surface area contributed by atoms with Crippen LogP contribution in [0.3, 0.4) is 0 Å². The molecule has 1 amide bonds. The predicted molar refractivity (Wildman–Crippen MR) is 79.0 cm³/mol. The number of carbonyl (C=O) groups excluding carboxylic acids is 1. The summed E-state index contributed by atoms with van der Waals surface area (Å²) in [7, 11) is 0. The molecule has 0 atom stereocenters. The number of nitrogens with one attached hydrogen (secondary N) is 1. The lowest BCUT2D eigenvalue weighted by molar-refractivity contribution is -0.122. The first-order valence-electron chi connectivity index (χ1n) is 7.18. The minimum Gasteiger partial charge on any atom is -0.352 e. The number of rotatable bonds is 5. The molecule has 104 valence electrons. The minimum absolute atomic E-state index is 0.188. The summed E-state index contributed by atoms with van der Waals surface area (Å²) in [6.45, 7) is 0.619. The van der Waals surface area contributed by atoms with E-state index in [9.17, 15) is 4.79 Å². The van der Waals surface area contributed by atoms with Gasteiger partial charge in [-0.1, -0.05) is 43.5 Å². The first-order valence-corrected chi connectivity index (χ1v) is 7.72. The molecule has 0 heterocycles. The summed E-state index contributed by atoms with van der Waals surface area (Å²) in [4.78, 5) is 11.9. The van der Waals surface area contributed by atoms with E-state index >= 15 is 0 Å². The zero-order chi connectivity index (χ0) is 13.5. The Hall–Kier alpha value is -1.02. The molecular formula is C16H22ClNO. The first-order chi connectivity index (χ1) is 9.28. The van der Waals surface area contributed by atoms with Crippen molar-refractivity contribution in [3.05, 3.63) is 35.4 Å². The highest BCUT2D eigenvalue weighted by Gasteiger charge is 2.16. The molecule has 0 saturated heterocycles. The molecule has 0 bridgehead atoms. The number of hydrogen-bond acceptors (Lipinski definition) is 1. The van der Waals surface area contributed by atoms with Gasteiger partial charge >= 0.3 is 0 Å². The van der Waals surface area contributed by atoms with Crippen LogP contribution in [0.4, 0.5) is 0 Å². The third-order valence-corrected chi connectivity index (χ3v) is 4.17. The molecule has 1 aliphatic carbocycles. The number of hydrogen-bond donors (Lipinski definition) is 1. The predicted octanol–water partition coefficient (Wildman–Crippen LogP) is 4.01. The lowest BCUT2D eigenvalue weighted by Gasteiger charge is -2.20. The molecule has 2 rings (SSSR count). The molecule has 1 aromatic rings. The normalized spacial score (nSPS) is 16.3. The highest BCUT2D eigenvalue weighted by Crippen LogP contribution is 2.26. The Kier molecular flexibility index (Phi) is 5.71. The number of carbonyl (C=O) groups is 1. The molecular weight excluding hydrogens is 258 g/mol. The van der Waals surface area contributed by atoms with Gasteiger partial charge in [0.15, 0.2) is 0 Å². The van der Waals surface area contributed by atoms with E-state index in [2.05, 4.69) is 5.32 Å². The maximum absolute atomic E-state index is 11.9. The molecule has 0 unspecified atom stereocenters. The number of alkyl halides is 1. The average Bonchev–Trinajstić information content (AvgIpc) is 2.47. The van der Waals surface area contributed by atoms with Crippen LogP contribution in [0.5, 0.6) is 0 Å². The van der Waals surface area contributed by atoms with Gasteiger partial charge in [-0.05, 0) is 29.9 Å². The van der Waals surface area contributed by atoms with Crippen LogP contribution >= 0.6 is 11.6 Å². The Balaban J connectivity index is 1.72. The smallest absolute Gasteiger partial charge is 0.220 e. The van der Waals surface area contributed by atoms with Crippen LogP contribution in [-0.2, 0) is 17.2 Å². The van der Waals surface area contributed by atoms with Gasteiger partial charge < -0.3 is 5.32 Å². The zero-order valence-corrected chi connectivity index (χ0v) is 12.1. The molecule has 1 fully saturated rings. The summed E-state index contributed by atoms with van der Waals surface area (Å²) in [5.41, 5.74) is 2.24. The van der Waals surface area contributed by atoms with Crippen LogP contribution < -0.4 is 5.32 Å². The second kappa shape index (κ2) is 7.54. The summed E-state index contributed by atoms with van der Waals surface area (Å²) in [6, 6.07) is 8.07. The maximum atomic E-state index is 11.9. The van der Waals surface area contributed by atoms with Crippen molar-refractivity contribution in [2.75, 3.05) is 0 Å². The summed E-state index contributed by atoms with van der Waals surface area (Å²) in [5.74, 6) is 1.33. The van der Waals surface area contributed by atoms with Crippen molar-refractivity contribution >= 4 is 17.5 Å². The molecule has 2 nitrogen and oxygen atoms in total. The van der Waals surface area contributed by atoms with E-state index in [0.29, 0.717) is 24.8 Å². The molecule has 3 heteroatoms. The Bertz CT molecular complexity index is 396. The van der Waals surface area contributed by atoms with E-state index < -0.39 is 0 Å². The SMILES string of the molecule is O=C(CC1CCCCC1)NCc1ccc(CCl)cc1. The highest BCUT2D eigenvalue weighted by molar-refractivity contribution is 6.17. The molecule has 0 spiro atoms. The first kappa shape index (κ1) is 14.4. The van der Waals surface area contributed by atoms with E-state index in [1.807, 2.05) is 24.3 Å². The summed E-state index contributed by atoms with van der Waals surface area (Å²) in [5, 5.41) is 3.01. The molecule has 1 saturated carbocycles. The van der Waals surface area contributed by atoms with Crippen LogP contribution in [-0.4, -0.2) is 5.91 Å². The second-order valence-corrected chi connectivity index (χ2v) is 5.70. The zero-order valence-electron chi connectivity index (χ0n) is 11.3. The van der Waals surface area contributed by atoms with Crippen molar-refractivity contribution in [3.8, 4) is 0 Å². The fraction of sp³-hybridized carbons (Fsp3) is 0.562. The van der Waals surface area contributed by atoms with E-state index in [0.717, 1.165) is 11.1 Å². The van der Waals surface area contributed by atoms with Crippen LogP contribution in [0.2, 0.25) is 0 Å². The molecule has 1 aliphatic rings. The summed E-state index contributed by atoms with van der Waals surface area (Å²) in [6.07, 6.45) is 7.05. The van der Waals surface area contributed by atoms with E-state index in [-0.39, 0.29) is 5.91 Å². The molecule has 1 N–H and O–H groups in total. The van der Waals surface area contributed by atoms with E-state index in [4.69, 9.17) is 11.6 Å². The summed E-state index contributed by atoms with van der Waals surface area (Å²) >= 11 is 5.75. The van der Waals surface area contributed by atoms with Crippen molar-refractivity contribution in [1.82, 2.24) is 5.32 Å². The molecule has 0 radical (unpaired) electrons. The third-order valence-electron chi connectivity index (χ3n) is 3.87. The monoisotopic (exact) mass is 279 g/mol. The van der Waals surface area contributed by atoms with Gasteiger partial charge in [0.25, 0.3) is 0 Å². The van der Waals surface area contributed by atoms with Crippen molar-refractivity contribution in [1.29, 1.82) is 0 Å². The number of amides is 1. The third kappa shape index (κ3) is 4.87. The molecule has 0 aromatic heterocycles. The van der Waals surface area contributed by atoms with Crippen LogP contribution in [0.25, 0.3) is 0 Å². The lowest BCUT2D eigenvalue weighted by Crippen LogP contribution is -2.25. The maximum Gasteiger partial charge on any atom is 0.220 e. The van der Waals surface area contributed by atoms with Gasteiger partial charge in [-0.2, -0.15) is 0 Å². The fourth-order valence-corrected chi connectivity index (χ4v) is 2.85. The fourth-order valence-electron chi connectivity index (χ4n) is 2.67. The van der Waals surface area contributed by atoms with Crippen molar-refractivity contribution in [3.63, 3.8) is 0 Å². The van der Waals surface area contributed by atoms with Crippen LogP contribution in [0.15, 0.2) is 24.3 Å². The van der Waals surface area contributed by atoms with E-state index in [1.54, 1.807) is 0 Å². The van der Waals surface area contributed by atoms with Crippen LogP contribution in [0.1, 0.15) is 49.7 Å². The van der Waals surface area contributed by atoms with Gasteiger partial charge in [-0.3, -0.25) is 4.79 Å². The average molecular weight is 280 g/mol. The Morgan fingerprint density at radius 1 is 1.11 bits per heavy atom. The lowest BCUT2D eigenvalue weighted by atomic mass is 9.87.